The number of hydrogen-bond acceptors (Lipinski definition) is 7. The van der Waals surface area contributed by atoms with Gasteiger partial charge in [0.05, 0.1) is 17.9 Å². The van der Waals surface area contributed by atoms with Crippen molar-refractivity contribution in [1.82, 2.24) is 15.5 Å². The summed E-state index contributed by atoms with van der Waals surface area (Å²) in [5.41, 5.74) is 0. The number of nitrogens with zero attached hydrogens (tertiary/aromatic N) is 2. The van der Waals surface area contributed by atoms with E-state index in [9.17, 15) is 8.42 Å². The van der Waals surface area contributed by atoms with Crippen LogP contribution in [-0.2, 0) is 14.8 Å². The molecular weight excluding hydrogens is 284 g/mol. The van der Waals surface area contributed by atoms with E-state index < -0.39 is 10.0 Å². The van der Waals surface area contributed by atoms with Crippen LogP contribution in [0.1, 0.15) is 37.6 Å². The van der Waals surface area contributed by atoms with Crippen LogP contribution in [0.5, 0.6) is 0 Å². The van der Waals surface area contributed by atoms with Gasteiger partial charge < -0.3 is 14.5 Å². The molecule has 2 N–H and O–H groups in total. The smallest absolute Gasteiger partial charge is 0.329 e. The molecule has 0 aliphatic carbocycles. The first-order valence-electron chi connectivity index (χ1n) is 6.81. The number of anilines is 1. The molecule has 0 spiro atoms. The number of ether oxygens (including phenoxy) is 1. The van der Waals surface area contributed by atoms with Crippen LogP contribution in [0.15, 0.2) is 4.42 Å². The maximum atomic E-state index is 12.0. The lowest BCUT2D eigenvalue weighted by molar-refractivity contribution is 0.127. The second-order valence-electron chi connectivity index (χ2n) is 5.11. The van der Waals surface area contributed by atoms with Gasteiger partial charge in [-0.15, -0.1) is 5.10 Å². The zero-order valence-electron chi connectivity index (χ0n) is 11.0. The highest BCUT2D eigenvalue weighted by Gasteiger charge is 2.26. The monoisotopic (exact) mass is 302 g/mol. The molecule has 2 aliphatic rings. The van der Waals surface area contributed by atoms with Crippen molar-refractivity contribution in [3.8, 4) is 0 Å². The van der Waals surface area contributed by atoms with Crippen molar-refractivity contribution in [3.63, 3.8) is 0 Å². The van der Waals surface area contributed by atoms with Crippen LogP contribution in [0.4, 0.5) is 6.01 Å². The van der Waals surface area contributed by atoms with Crippen LogP contribution in [0.25, 0.3) is 0 Å². The molecule has 0 bridgehead atoms. The van der Waals surface area contributed by atoms with E-state index in [0.717, 1.165) is 32.2 Å². The Morgan fingerprint density at radius 1 is 1.30 bits per heavy atom. The van der Waals surface area contributed by atoms with Gasteiger partial charge in [-0.25, -0.2) is 13.1 Å². The van der Waals surface area contributed by atoms with E-state index in [0.29, 0.717) is 12.5 Å². The Bertz CT molecular complexity index is 547. The van der Waals surface area contributed by atoms with Crippen LogP contribution < -0.4 is 10.0 Å². The number of aromatic nitrogens is 2. The van der Waals surface area contributed by atoms with Crippen molar-refractivity contribution < 1.29 is 17.6 Å². The highest BCUT2D eigenvalue weighted by molar-refractivity contribution is 7.92. The van der Waals surface area contributed by atoms with Gasteiger partial charge in [0.2, 0.25) is 15.9 Å². The van der Waals surface area contributed by atoms with Gasteiger partial charge in [-0.3, -0.25) is 0 Å². The minimum atomic E-state index is -3.52. The maximum Gasteiger partial charge on any atom is 0.329 e. The molecule has 3 rings (SSSR count). The maximum absolute atomic E-state index is 12.0. The summed E-state index contributed by atoms with van der Waals surface area (Å²) in [5.74, 6) is 0.351. The summed E-state index contributed by atoms with van der Waals surface area (Å²) < 4.78 is 36.9. The minimum absolute atomic E-state index is 0.0268. The van der Waals surface area contributed by atoms with E-state index in [1.165, 1.54) is 0 Å². The van der Waals surface area contributed by atoms with Gasteiger partial charge in [0.15, 0.2) is 0 Å². The van der Waals surface area contributed by atoms with E-state index in [2.05, 4.69) is 20.2 Å². The Kier molecular flexibility index (Phi) is 3.90. The Hall–Kier alpha value is -1.19. The van der Waals surface area contributed by atoms with Gasteiger partial charge in [0.1, 0.15) is 0 Å². The van der Waals surface area contributed by atoms with Crippen LogP contribution in [0.2, 0.25) is 0 Å². The molecular formula is C11H18N4O4S. The summed E-state index contributed by atoms with van der Waals surface area (Å²) in [6.07, 6.45) is 3.39. The first-order valence-corrected chi connectivity index (χ1v) is 8.46. The molecule has 1 aromatic heterocycles. The Balaban J connectivity index is 1.61. The molecule has 2 unspecified atom stereocenters. The van der Waals surface area contributed by atoms with Crippen LogP contribution >= 0.6 is 0 Å². The topological polar surface area (TPSA) is 106 Å². The van der Waals surface area contributed by atoms with Crippen LogP contribution in [0.3, 0.4) is 0 Å². The number of rotatable bonds is 5. The van der Waals surface area contributed by atoms with Gasteiger partial charge in [-0.2, -0.15) is 0 Å². The molecule has 20 heavy (non-hydrogen) atoms. The zero-order chi connectivity index (χ0) is 14.0. The number of nitrogens with one attached hydrogen (secondary N) is 2. The van der Waals surface area contributed by atoms with Crippen molar-refractivity contribution in [3.05, 3.63) is 5.89 Å². The average molecular weight is 302 g/mol. The predicted molar refractivity (Wildman–Crippen MR) is 70.7 cm³/mol. The predicted octanol–water partition coefficient (Wildman–Crippen LogP) is 0.415. The molecule has 1 aromatic rings. The molecule has 112 valence electrons. The third-order valence-corrected chi connectivity index (χ3v) is 4.77. The van der Waals surface area contributed by atoms with E-state index >= 15 is 0 Å². The van der Waals surface area contributed by atoms with Gasteiger partial charge in [0, 0.05) is 6.61 Å². The highest BCUT2D eigenvalue weighted by atomic mass is 32.2. The first-order chi connectivity index (χ1) is 9.62. The van der Waals surface area contributed by atoms with E-state index in [-0.39, 0.29) is 23.9 Å². The van der Waals surface area contributed by atoms with Crippen molar-refractivity contribution >= 4 is 16.0 Å². The first kappa shape index (κ1) is 13.8. The standard InChI is InChI=1S/C11H18N4O4S/c16-20(17,7-8-3-2-6-18-8)15-11-14-13-10(19-11)9-4-1-5-12-9/h8-9,12H,1-7H2,(H,14,15). The SMILES string of the molecule is O=S(=O)(CC1CCCO1)Nc1nnc(C2CCCN2)o1. The Labute approximate surface area is 117 Å². The van der Waals surface area contributed by atoms with Crippen molar-refractivity contribution in [2.24, 2.45) is 0 Å². The molecule has 2 saturated heterocycles. The summed E-state index contributed by atoms with van der Waals surface area (Å²) in [4.78, 5) is 0. The summed E-state index contributed by atoms with van der Waals surface area (Å²) in [5, 5.41) is 10.8. The van der Waals surface area contributed by atoms with E-state index in [1.54, 1.807) is 0 Å². The Morgan fingerprint density at radius 2 is 2.20 bits per heavy atom. The van der Waals surface area contributed by atoms with Crippen molar-refractivity contribution in [2.75, 3.05) is 23.6 Å². The fourth-order valence-electron chi connectivity index (χ4n) is 2.51. The summed E-state index contributed by atoms with van der Waals surface area (Å²) in [7, 11) is -3.52. The second-order valence-corrected chi connectivity index (χ2v) is 6.88. The lowest BCUT2D eigenvalue weighted by atomic mass is 10.2. The fourth-order valence-corrected chi connectivity index (χ4v) is 3.69. The minimum Gasteiger partial charge on any atom is -0.406 e. The molecule has 2 aliphatic heterocycles. The van der Waals surface area contributed by atoms with Crippen molar-refractivity contribution in [1.29, 1.82) is 0 Å². The van der Waals surface area contributed by atoms with Gasteiger partial charge in [0.25, 0.3) is 0 Å². The van der Waals surface area contributed by atoms with Gasteiger partial charge in [-0.1, -0.05) is 5.10 Å². The lowest BCUT2D eigenvalue weighted by Gasteiger charge is -2.09. The van der Waals surface area contributed by atoms with Crippen LogP contribution in [0, 0.1) is 0 Å². The molecule has 2 atom stereocenters. The third kappa shape index (κ3) is 3.28. The van der Waals surface area contributed by atoms with Gasteiger partial charge >= 0.3 is 6.01 Å². The molecule has 9 heteroatoms. The third-order valence-electron chi connectivity index (χ3n) is 3.47. The molecule has 0 amide bonds. The highest BCUT2D eigenvalue weighted by Crippen LogP contribution is 2.23. The molecule has 0 aromatic carbocycles. The van der Waals surface area contributed by atoms with E-state index in [4.69, 9.17) is 9.15 Å². The van der Waals surface area contributed by atoms with E-state index in [1.807, 2.05) is 0 Å². The van der Waals surface area contributed by atoms with Crippen LogP contribution in [-0.4, -0.2) is 43.6 Å². The fraction of sp³-hybridized carbons (Fsp3) is 0.818. The molecule has 0 saturated carbocycles. The molecule has 2 fully saturated rings. The summed E-state index contributed by atoms with van der Waals surface area (Å²) >= 11 is 0. The molecule has 8 nitrogen and oxygen atoms in total. The van der Waals surface area contributed by atoms with Gasteiger partial charge in [-0.05, 0) is 32.2 Å². The number of sulfonamides is 1. The summed E-state index contributed by atoms with van der Waals surface area (Å²) in [6.45, 7) is 1.53. The normalized spacial score (nSPS) is 27.0. The zero-order valence-corrected chi connectivity index (χ0v) is 11.9. The average Bonchev–Trinajstić information content (AvgIpc) is 3.07. The lowest BCUT2D eigenvalue weighted by Crippen LogP contribution is -2.25. The summed E-state index contributed by atoms with van der Waals surface area (Å²) in [6, 6.07) is -0.0504. The molecule has 3 heterocycles. The largest absolute Gasteiger partial charge is 0.406 e. The number of hydrogen-bond donors (Lipinski definition) is 2. The van der Waals surface area contributed by atoms with Crippen molar-refractivity contribution in [2.45, 2.75) is 37.8 Å². The molecule has 0 radical (unpaired) electrons. The quantitative estimate of drug-likeness (QED) is 0.811. The second kappa shape index (κ2) is 5.66. The Morgan fingerprint density at radius 3 is 2.90 bits per heavy atom.